The quantitative estimate of drug-likeness (QED) is 0.769. The molecule has 1 unspecified atom stereocenters. The van der Waals surface area contributed by atoms with Crippen LogP contribution in [0.5, 0.6) is 0 Å². The largest absolute Gasteiger partial charge is 0.416 e. The van der Waals surface area contributed by atoms with Crippen molar-refractivity contribution >= 4 is 29.4 Å². The summed E-state index contributed by atoms with van der Waals surface area (Å²) in [6.45, 7) is 3.70. The summed E-state index contributed by atoms with van der Waals surface area (Å²) in [5.74, 6) is 0.736. The van der Waals surface area contributed by atoms with Gasteiger partial charge in [-0.1, -0.05) is 18.7 Å². The summed E-state index contributed by atoms with van der Waals surface area (Å²) in [4.78, 5) is 28.3. The van der Waals surface area contributed by atoms with Gasteiger partial charge in [-0.3, -0.25) is 9.69 Å². The number of nitrogens with zero attached hydrogens (tertiary/aromatic N) is 4. The van der Waals surface area contributed by atoms with E-state index in [-0.39, 0.29) is 5.91 Å². The lowest BCUT2D eigenvalue weighted by Gasteiger charge is -2.25. The fourth-order valence-electron chi connectivity index (χ4n) is 1.93. The lowest BCUT2D eigenvalue weighted by Crippen LogP contribution is -2.43. The number of carbonyl (C=O) groups excluding carboxylic acids is 2. The number of urea groups is 1. The van der Waals surface area contributed by atoms with Crippen molar-refractivity contribution in [3.63, 3.8) is 0 Å². The summed E-state index contributed by atoms with van der Waals surface area (Å²) in [6.07, 6.45) is 0.993. The topological polar surface area (TPSA) is 88.7 Å². The number of aliphatic imine (C=N–C) groups is 1. The number of aromatic nitrogens is 2. The van der Waals surface area contributed by atoms with Gasteiger partial charge in [0.2, 0.25) is 11.8 Å². The van der Waals surface area contributed by atoms with Crippen LogP contribution in [0.4, 0.5) is 4.79 Å². The molecule has 1 aromatic heterocycles. The average molecular weight is 296 g/mol. The lowest BCUT2D eigenvalue weighted by atomic mass is 9.95. The van der Waals surface area contributed by atoms with Gasteiger partial charge in [0, 0.05) is 19.2 Å². The third-order valence-electron chi connectivity index (χ3n) is 3.05. The molecule has 0 spiro atoms. The van der Waals surface area contributed by atoms with Crippen LogP contribution in [0.1, 0.15) is 26.2 Å². The molecular formula is C12H16N4O3S. The minimum absolute atomic E-state index is 0.231. The van der Waals surface area contributed by atoms with Crippen LogP contribution in [-0.4, -0.2) is 45.5 Å². The standard InChI is InChI=1S/C12H16N4O3S/c1-4-20-12-15-14-9(19-12)6-5-8-7(2)13-11(18)16(3)10(8)17/h8H,4-6H2,1-3H3. The first-order chi connectivity index (χ1) is 9.52. The molecule has 1 atom stereocenters. The van der Waals surface area contributed by atoms with Gasteiger partial charge in [-0.15, -0.1) is 10.2 Å². The van der Waals surface area contributed by atoms with Gasteiger partial charge < -0.3 is 4.42 Å². The highest BCUT2D eigenvalue weighted by Crippen LogP contribution is 2.20. The molecule has 3 amide bonds. The Bertz CT molecular complexity index is 555. The van der Waals surface area contributed by atoms with Gasteiger partial charge in [-0.2, -0.15) is 0 Å². The van der Waals surface area contributed by atoms with Gasteiger partial charge in [-0.05, 0) is 19.1 Å². The van der Waals surface area contributed by atoms with Gasteiger partial charge in [0.05, 0.1) is 5.92 Å². The number of aryl methyl sites for hydroxylation is 1. The Labute approximate surface area is 120 Å². The average Bonchev–Trinajstić information content (AvgIpc) is 2.84. The van der Waals surface area contributed by atoms with Gasteiger partial charge in [0.25, 0.3) is 5.22 Å². The maximum Gasteiger partial charge on any atom is 0.349 e. The van der Waals surface area contributed by atoms with E-state index < -0.39 is 11.9 Å². The number of carbonyl (C=O) groups is 2. The molecule has 0 bridgehead atoms. The highest BCUT2D eigenvalue weighted by atomic mass is 32.2. The molecule has 20 heavy (non-hydrogen) atoms. The molecule has 0 fully saturated rings. The van der Waals surface area contributed by atoms with E-state index in [0.717, 1.165) is 10.7 Å². The van der Waals surface area contributed by atoms with Crippen molar-refractivity contribution in [3.05, 3.63) is 5.89 Å². The number of amides is 3. The summed E-state index contributed by atoms with van der Waals surface area (Å²) in [7, 11) is 1.44. The van der Waals surface area contributed by atoms with Crippen molar-refractivity contribution in [2.75, 3.05) is 12.8 Å². The highest BCUT2D eigenvalue weighted by molar-refractivity contribution is 7.99. The molecule has 1 aliphatic rings. The summed E-state index contributed by atoms with van der Waals surface area (Å²) in [5, 5.41) is 8.37. The zero-order chi connectivity index (χ0) is 14.7. The van der Waals surface area contributed by atoms with E-state index in [2.05, 4.69) is 15.2 Å². The van der Waals surface area contributed by atoms with E-state index in [4.69, 9.17) is 4.42 Å². The Hall–Kier alpha value is -1.70. The maximum atomic E-state index is 12.0. The van der Waals surface area contributed by atoms with Crippen LogP contribution >= 0.6 is 11.8 Å². The first-order valence-corrected chi connectivity index (χ1v) is 7.33. The lowest BCUT2D eigenvalue weighted by molar-refractivity contribution is -0.129. The fourth-order valence-corrected chi connectivity index (χ4v) is 2.43. The van der Waals surface area contributed by atoms with Crippen molar-refractivity contribution in [3.8, 4) is 0 Å². The van der Waals surface area contributed by atoms with Crippen LogP contribution in [0.2, 0.25) is 0 Å². The van der Waals surface area contributed by atoms with E-state index in [0.29, 0.717) is 29.7 Å². The Morgan fingerprint density at radius 1 is 1.35 bits per heavy atom. The van der Waals surface area contributed by atoms with Crippen molar-refractivity contribution in [1.82, 2.24) is 15.1 Å². The van der Waals surface area contributed by atoms with Gasteiger partial charge in [0.15, 0.2) is 0 Å². The summed E-state index contributed by atoms with van der Waals surface area (Å²) in [5.41, 5.74) is 0.542. The predicted molar refractivity (Wildman–Crippen MR) is 73.8 cm³/mol. The van der Waals surface area contributed by atoms with E-state index in [9.17, 15) is 9.59 Å². The fraction of sp³-hybridized carbons (Fsp3) is 0.583. The molecule has 0 saturated heterocycles. The smallest absolute Gasteiger partial charge is 0.349 e. The molecule has 7 nitrogen and oxygen atoms in total. The summed E-state index contributed by atoms with van der Waals surface area (Å²) >= 11 is 1.48. The van der Waals surface area contributed by atoms with Crippen LogP contribution in [0, 0.1) is 5.92 Å². The van der Waals surface area contributed by atoms with Crippen LogP contribution in [0.3, 0.4) is 0 Å². The SMILES string of the molecule is CCSc1nnc(CCC2C(=O)N(C)C(=O)N=C2C)o1. The molecular weight excluding hydrogens is 280 g/mol. The van der Waals surface area contributed by atoms with E-state index >= 15 is 0 Å². The second-order valence-electron chi connectivity index (χ2n) is 4.42. The third-order valence-corrected chi connectivity index (χ3v) is 3.76. The minimum atomic E-state index is -0.511. The van der Waals surface area contributed by atoms with Crippen LogP contribution < -0.4 is 0 Å². The van der Waals surface area contributed by atoms with Crippen LogP contribution in [0.15, 0.2) is 14.6 Å². The van der Waals surface area contributed by atoms with E-state index in [1.807, 2.05) is 6.92 Å². The number of imide groups is 1. The Morgan fingerprint density at radius 2 is 2.10 bits per heavy atom. The summed E-state index contributed by atoms with van der Waals surface area (Å²) < 4.78 is 5.44. The second kappa shape index (κ2) is 6.17. The van der Waals surface area contributed by atoms with Crippen molar-refractivity contribution in [2.45, 2.75) is 31.9 Å². The van der Waals surface area contributed by atoms with Crippen LogP contribution in [0.25, 0.3) is 0 Å². The molecule has 1 aromatic rings. The van der Waals surface area contributed by atoms with E-state index in [1.165, 1.54) is 18.8 Å². The van der Waals surface area contributed by atoms with Crippen molar-refractivity contribution < 1.29 is 14.0 Å². The molecule has 0 radical (unpaired) electrons. The number of hydrogen-bond donors (Lipinski definition) is 0. The zero-order valence-electron chi connectivity index (χ0n) is 11.6. The van der Waals surface area contributed by atoms with Crippen LogP contribution in [-0.2, 0) is 11.2 Å². The highest BCUT2D eigenvalue weighted by Gasteiger charge is 2.33. The van der Waals surface area contributed by atoms with Gasteiger partial charge in [0.1, 0.15) is 0 Å². The number of rotatable bonds is 5. The summed E-state index contributed by atoms with van der Waals surface area (Å²) in [6, 6.07) is -0.511. The Morgan fingerprint density at radius 3 is 2.80 bits per heavy atom. The first kappa shape index (κ1) is 14.7. The second-order valence-corrected chi connectivity index (χ2v) is 5.63. The Balaban J connectivity index is 2.00. The molecule has 0 aromatic carbocycles. The molecule has 0 saturated carbocycles. The third kappa shape index (κ3) is 3.06. The maximum absolute atomic E-state index is 12.0. The van der Waals surface area contributed by atoms with Crippen molar-refractivity contribution in [1.29, 1.82) is 0 Å². The monoisotopic (exact) mass is 296 g/mol. The molecule has 1 aliphatic heterocycles. The minimum Gasteiger partial charge on any atom is -0.416 e. The number of thioether (sulfide) groups is 1. The molecule has 0 aliphatic carbocycles. The molecule has 0 N–H and O–H groups in total. The first-order valence-electron chi connectivity index (χ1n) is 6.34. The van der Waals surface area contributed by atoms with E-state index in [1.54, 1.807) is 6.92 Å². The van der Waals surface area contributed by atoms with Gasteiger partial charge in [-0.25, -0.2) is 9.79 Å². The molecule has 2 rings (SSSR count). The molecule has 108 valence electrons. The zero-order valence-corrected chi connectivity index (χ0v) is 12.4. The normalized spacial score (nSPS) is 19.4. The molecule has 8 heteroatoms. The van der Waals surface area contributed by atoms with Crippen molar-refractivity contribution in [2.24, 2.45) is 10.9 Å². The number of hydrogen-bond acceptors (Lipinski definition) is 6. The Kier molecular flexibility index (Phi) is 4.53. The molecule has 2 heterocycles. The van der Waals surface area contributed by atoms with Gasteiger partial charge >= 0.3 is 6.03 Å². The predicted octanol–water partition coefficient (Wildman–Crippen LogP) is 1.78.